The number of halogens is 1. The smallest absolute Gasteiger partial charge is 0.391 e. The largest absolute Gasteiger partial charge is 0.434 e. The molecule has 0 radical (unpaired) electrons. The SMILES string of the molecule is CC(O)c1cc(S(=O)(=O)NC(c2n[nH]c(=O)o2)C(C)c2cccc3c2CCC3)ccc1Cl. The summed E-state index contributed by atoms with van der Waals surface area (Å²) in [5, 5.41) is 16.3. The fourth-order valence-corrected chi connectivity index (χ4v) is 5.82. The number of aromatic nitrogens is 2. The highest BCUT2D eigenvalue weighted by Gasteiger charge is 2.33. The first-order valence-corrected chi connectivity index (χ1v) is 12.2. The summed E-state index contributed by atoms with van der Waals surface area (Å²) in [6.45, 7) is 3.38. The molecule has 10 heteroatoms. The van der Waals surface area contributed by atoms with Crippen LogP contribution >= 0.6 is 11.6 Å². The number of nitrogens with zero attached hydrogens (tertiary/aromatic N) is 1. The van der Waals surface area contributed by atoms with E-state index in [1.165, 1.54) is 36.2 Å². The van der Waals surface area contributed by atoms with Crippen LogP contribution in [-0.4, -0.2) is 23.7 Å². The van der Waals surface area contributed by atoms with E-state index in [0.29, 0.717) is 5.56 Å². The Labute approximate surface area is 190 Å². The van der Waals surface area contributed by atoms with Crippen molar-refractivity contribution in [3.8, 4) is 0 Å². The highest BCUT2D eigenvalue weighted by atomic mass is 35.5. The van der Waals surface area contributed by atoms with Crippen molar-refractivity contribution < 1.29 is 17.9 Å². The van der Waals surface area contributed by atoms with E-state index < -0.39 is 27.9 Å². The van der Waals surface area contributed by atoms with Crippen molar-refractivity contribution in [2.24, 2.45) is 0 Å². The summed E-state index contributed by atoms with van der Waals surface area (Å²) in [4.78, 5) is 11.6. The van der Waals surface area contributed by atoms with E-state index >= 15 is 0 Å². The van der Waals surface area contributed by atoms with Crippen LogP contribution in [0.25, 0.3) is 0 Å². The quantitative estimate of drug-likeness (QED) is 0.479. The number of benzene rings is 2. The van der Waals surface area contributed by atoms with Crippen LogP contribution in [0, 0.1) is 0 Å². The molecule has 0 aliphatic heterocycles. The van der Waals surface area contributed by atoms with Crippen LogP contribution in [0.5, 0.6) is 0 Å². The second kappa shape index (κ2) is 8.82. The van der Waals surface area contributed by atoms with Crippen LogP contribution in [0.15, 0.2) is 50.5 Å². The Morgan fingerprint density at radius 1 is 1.19 bits per heavy atom. The fourth-order valence-electron chi connectivity index (χ4n) is 4.24. The van der Waals surface area contributed by atoms with Crippen molar-refractivity contribution >= 4 is 21.6 Å². The number of aliphatic hydroxyl groups excluding tert-OH is 1. The number of fused-ring (bicyclic) bond motifs is 1. The summed E-state index contributed by atoms with van der Waals surface area (Å²) in [7, 11) is -4.07. The first-order valence-electron chi connectivity index (χ1n) is 10.3. The van der Waals surface area contributed by atoms with Gasteiger partial charge in [0.15, 0.2) is 0 Å². The molecule has 0 saturated carbocycles. The summed E-state index contributed by atoms with van der Waals surface area (Å²) in [6, 6.07) is 9.19. The minimum absolute atomic E-state index is 0.0496. The number of H-pyrrole nitrogens is 1. The van der Waals surface area contributed by atoms with Gasteiger partial charge in [-0.2, -0.15) is 4.72 Å². The van der Waals surface area contributed by atoms with E-state index in [9.17, 15) is 18.3 Å². The Morgan fingerprint density at radius 2 is 1.97 bits per heavy atom. The predicted octanol–water partition coefficient (Wildman–Crippen LogP) is 3.38. The summed E-state index contributed by atoms with van der Waals surface area (Å²) >= 11 is 6.09. The monoisotopic (exact) mass is 477 g/mol. The summed E-state index contributed by atoms with van der Waals surface area (Å²) < 4.78 is 34.4. The molecule has 3 atom stereocenters. The zero-order valence-electron chi connectivity index (χ0n) is 17.6. The topological polar surface area (TPSA) is 125 Å². The second-order valence-electron chi connectivity index (χ2n) is 8.04. The zero-order valence-corrected chi connectivity index (χ0v) is 19.2. The number of rotatable bonds is 7. The maximum absolute atomic E-state index is 13.3. The molecule has 0 saturated heterocycles. The lowest BCUT2D eigenvalue weighted by atomic mass is 9.88. The number of aryl methyl sites for hydroxylation is 1. The molecule has 32 heavy (non-hydrogen) atoms. The van der Waals surface area contributed by atoms with Crippen LogP contribution < -0.4 is 10.5 Å². The van der Waals surface area contributed by atoms with E-state index in [1.807, 2.05) is 19.1 Å². The molecule has 0 fully saturated rings. The summed E-state index contributed by atoms with van der Waals surface area (Å²) in [5.74, 6) is -1.18. The number of hydrogen-bond acceptors (Lipinski definition) is 6. The summed E-state index contributed by atoms with van der Waals surface area (Å²) in [6.07, 6.45) is 1.99. The van der Waals surface area contributed by atoms with Crippen molar-refractivity contribution in [3.05, 3.63) is 80.1 Å². The molecular weight excluding hydrogens is 454 g/mol. The molecule has 1 aliphatic rings. The molecule has 2 aromatic carbocycles. The van der Waals surface area contributed by atoms with E-state index in [1.54, 1.807) is 0 Å². The zero-order chi connectivity index (χ0) is 23.0. The molecule has 3 N–H and O–H groups in total. The van der Waals surface area contributed by atoms with Crippen LogP contribution in [0.2, 0.25) is 5.02 Å². The van der Waals surface area contributed by atoms with Gasteiger partial charge in [-0.1, -0.05) is 36.7 Å². The maximum Gasteiger partial charge on any atom is 0.434 e. The molecule has 0 amide bonds. The van der Waals surface area contributed by atoms with Gasteiger partial charge in [-0.15, -0.1) is 5.10 Å². The number of aliphatic hydroxyl groups is 1. The fraction of sp³-hybridized carbons (Fsp3) is 0.364. The number of sulfonamides is 1. The third kappa shape index (κ3) is 4.38. The highest BCUT2D eigenvalue weighted by molar-refractivity contribution is 7.89. The Bertz CT molecular complexity index is 1300. The van der Waals surface area contributed by atoms with Gasteiger partial charge in [0, 0.05) is 16.5 Å². The molecule has 0 spiro atoms. The Hall–Kier alpha value is -2.46. The molecule has 8 nitrogen and oxygen atoms in total. The van der Waals surface area contributed by atoms with Gasteiger partial charge in [-0.3, -0.25) is 0 Å². The molecule has 1 heterocycles. The van der Waals surface area contributed by atoms with Gasteiger partial charge in [0.2, 0.25) is 15.9 Å². The van der Waals surface area contributed by atoms with Gasteiger partial charge in [-0.05, 0) is 61.1 Å². The Balaban J connectivity index is 1.75. The van der Waals surface area contributed by atoms with Crippen LogP contribution in [0.3, 0.4) is 0 Å². The molecular formula is C22H24ClN3O5S. The van der Waals surface area contributed by atoms with E-state index in [0.717, 1.165) is 24.8 Å². The van der Waals surface area contributed by atoms with Gasteiger partial charge in [0.05, 0.1) is 11.0 Å². The van der Waals surface area contributed by atoms with Crippen LogP contribution in [0.4, 0.5) is 0 Å². The summed E-state index contributed by atoms with van der Waals surface area (Å²) in [5.41, 5.74) is 3.73. The third-order valence-electron chi connectivity index (χ3n) is 5.90. The third-order valence-corrected chi connectivity index (χ3v) is 7.69. The molecule has 4 rings (SSSR count). The van der Waals surface area contributed by atoms with E-state index in [-0.39, 0.29) is 21.7 Å². The average molecular weight is 478 g/mol. The highest BCUT2D eigenvalue weighted by Crippen LogP contribution is 2.37. The minimum atomic E-state index is -4.07. The molecule has 3 unspecified atom stereocenters. The average Bonchev–Trinajstić information content (AvgIpc) is 3.40. The van der Waals surface area contributed by atoms with Crippen molar-refractivity contribution in [3.63, 3.8) is 0 Å². The van der Waals surface area contributed by atoms with Gasteiger partial charge in [0.1, 0.15) is 6.04 Å². The standard InChI is InChI=1S/C22H24ClN3O5S/c1-12(16-7-3-5-14-6-4-8-17(14)16)20(21-24-25-22(28)31-21)26-32(29,30)15-9-10-19(23)18(11-15)13(2)27/h3,5,7,9-13,20,26-27H,4,6,8H2,1-2H3,(H,25,28). The first-order chi connectivity index (χ1) is 15.2. The molecule has 0 bridgehead atoms. The Morgan fingerprint density at radius 3 is 2.66 bits per heavy atom. The van der Waals surface area contributed by atoms with Crippen molar-refractivity contribution in [2.75, 3.05) is 0 Å². The van der Waals surface area contributed by atoms with Gasteiger partial charge in [-0.25, -0.2) is 18.3 Å². The van der Waals surface area contributed by atoms with Crippen molar-refractivity contribution in [1.82, 2.24) is 14.9 Å². The minimum Gasteiger partial charge on any atom is -0.391 e. The van der Waals surface area contributed by atoms with Crippen LogP contribution in [0.1, 0.15) is 66.5 Å². The van der Waals surface area contributed by atoms with E-state index in [2.05, 4.69) is 21.0 Å². The second-order valence-corrected chi connectivity index (χ2v) is 10.2. The van der Waals surface area contributed by atoms with Crippen LogP contribution in [-0.2, 0) is 22.9 Å². The number of aromatic amines is 1. The molecule has 1 aromatic heterocycles. The Kier molecular flexibility index (Phi) is 6.26. The van der Waals surface area contributed by atoms with Gasteiger partial charge in [0.25, 0.3) is 0 Å². The molecule has 3 aromatic rings. The van der Waals surface area contributed by atoms with E-state index in [4.69, 9.17) is 16.0 Å². The number of hydrogen-bond donors (Lipinski definition) is 3. The van der Waals surface area contributed by atoms with Crippen molar-refractivity contribution in [2.45, 2.75) is 56.1 Å². The maximum atomic E-state index is 13.3. The van der Waals surface area contributed by atoms with Crippen molar-refractivity contribution in [1.29, 1.82) is 0 Å². The van der Waals surface area contributed by atoms with Gasteiger partial charge < -0.3 is 9.52 Å². The molecule has 170 valence electrons. The lowest BCUT2D eigenvalue weighted by Gasteiger charge is -2.24. The first kappa shape index (κ1) is 22.7. The lowest BCUT2D eigenvalue weighted by molar-refractivity contribution is 0.199. The normalized spacial score (nSPS) is 16.5. The molecule has 1 aliphatic carbocycles. The predicted molar refractivity (Wildman–Crippen MR) is 119 cm³/mol. The van der Waals surface area contributed by atoms with Gasteiger partial charge >= 0.3 is 5.76 Å². The lowest BCUT2D eigenvalue weighted by Crippen LogP contribution is -2.32. The number of nitrogens with one attached hydrogen (secondary N) is 2.